The first-order chi connectivity index (χ1) is 17.3. The summed E-state index contributed by atoms with van der Waals surface area (Å²) < 4.78 is 44.4. The third-order valence-electron chi connectivity index (χ3n) is 5.94. The summed E-state index contributed by atoms with van der Waals surface area (Å²) in [5.74, 6) is -0.920. The van der Waals surface area contributed by atoms with Crippen LogP contribution in [0.25, 0.3) is 16.9 Å². The number of fused-ring (bicyclic) bond motifs is 1. The Labute approximate surface area is 204 Å². The summed E-state index contributed by atoms with van der Waals surface area (Å²) >= 11 is 0. The number of aromatic nitrogens is 5. The minimum atomic E-state index is -2.82. The van der Waals surface area contributed by atoms with E-state index in [0.717, 1.165) is 4.52 Å². The number of benzene rings is 2. The van der Waals surface area contributed by atoms with Crippen molar-refractivity contribution in [2.24, 2.45) is 0 Å². The van der Waals surface area contributed by atoms with Gasteiger partial charge in [0.05, 0.1) is 35.5 Å². The molecule has 10 heteroatoms. The Bertz CT molecular complexity index is 1580. The first kappa shape index (κ1) is 23.3. The van der Waals surface area contributed by atoms with Gasteiger partial charge in [0.25, 0.3) is 12.3 Å². The Morgan fingerprint density at radius 1 is 1.06 bits per heavy atom. The van der Waals surface area contributed by atoms with Gasteiger partial charge in [0.15, 0.2) is 5.65 Å². The normalized spacial score (nSPS) is 11.4. The number of anilines is 1. The molecule has 0 aliphatic heterocycles. The average molecular weight is 490 g/mol. The number of alkyl halides is 2. The lowest BCUT2D eigenvalue weighted by Gasteiger charge is -2.09. The standard InChI is InChI=1S/C26H21F3N6O/c1-15-23(16(2)34(33-15)14-18-10-6-7-11-20(18)27)32-26(36)19-13-30-35-22(24(28)29)12-21(31-25(19)35)17-8-4-3-5-9-17/h3-13,24H,14H2,1-2H3,(H,32,36). The topological polar surface area (TPSA) is 77.1 Å². The van der Waals surface area contributed by atoms with E-state index < -0.39 is 12.3 Å². The van der Waals surface area contributed by atoms with E-state index >= 15 is 0 Å². The van der Waals surface area contributed by atoms with Gasteiger partial charge in [0.2, 0.25) is 0 Å². The number of halogens is 3. The van der Waals surface area contributed by atoms with Crippen LogP contribution in [0.5, 0.6) is 0 Å². The zero-order valence-electron chi connectivity index (χ0n) is 19.4. The zero-order valence-corrected chi connectivity index (χ0v) is 19.4. The molecule has 1 N–H and O–H groups in total. The molecule has 0 saturated heterocycles. The maximum atomic E-state index is 14.1. The Hall–Kier alpha value is -4.47. The van der Waals surface area contributed by atoms with Gasteiger partial charge in [0.1, 0.15) is 17.1 Å². The van der Waals surface area contributed by atoms with E-state index in [-0.39, 0.29) is 29.3 Å². The number of hydrogen-bond acceptors (Lipinski definition) is 4. The first-order valence-electron chi connectivity index (χ1n) is 11.1. The van der Waals surface area contributed by atoms with Crippen LogP contribution in [0.2, 0.25) is 0 Å². The average Bonchev–Trinajstić information content (AvgIpc) is 3.41. The van der Waals surface area contributed by atoms with Crippen molar-refractivity contribution in [2.45, 2.75) is 26.8 Å². The number of aryl methyl sites for hydroxylation is 1. The largest absolute Gasteiger partial charge is 0.319 e. The Kier molecular flexibility index (Phi) is 6.01. The number of carbonyl (C=O) groups is 1. The van der Waals surface area contributed by atoms with Gasteiger partial charge in [0, 0.05) is 11.1 Å². The summed E-state index contributed by atoms with van der Waals surface area (Å²) in [4.78, 5) is 17.7. The second-order valence-electron chi connectivity index (χ2n) is 8.28. The Morgan fingerprint density at radius 2 is 1.78 bits per heavy atom. The highest BCUT2D eigenvalue weighted by Gasteiger charge is 2.23. The number of nitrogens with one attached hydrogen (secondary N) is 1. The van der Waals surface area contributed by atoms with Crippen molar-refractivity contribution in [3.63, 3.8) is 0 Å². The predicted molar refractivity (Wildman–Crippen MR) is 129 cm³/mol. The van der Waals surface area contributed by atoms with Crippen LogP contribution < -0.4 is 5.32 Å². The van der Waals surface area contributed by atoms with E-state index in [4.69, 9.17) is 0 Å². The quantitative estimate of drug-likeness (QED) is 0.337. The van der Waals surface area contributed by atoms with Gasteiger partial charge in [-0.05, 0) is 26.0 Å². The molecule has 0 unspecified atom stereocenters. The lowest BCUT2D eigenvalue weighted by molar-refractivity contribution is 0.102. The molecule has 0 spiro atoms. The van der Waals surface area contributed by atoms with Gasteiger partial charge in [-0.15, -0.1) is 0 Å². The number of nitrogens with zero attached hydrogens (tertiary/aromatic N) is 5. The maximum absolute atomic E-state index is 14.1. The molecule has 5 rings (SSSR count). The summed E-state index contributed by atoms with van der Waals surface area (Å²) in [6.07, 6.45) is -1.61. The molecule has 0 atom stereocenters. The van der Waals surface area contributed by atoms with Crippen LogP contribution in [-0.4, -0.2) is 30.3 Å². The fourth-order valence-electron chi connectivity index (χ4n) is 4.06. The van der Waals surface area contributed by atoms with Crippen molar-refractivity contribution >= 4 is 17.2 Å². The number of rotatable bonds is 6. The second kappa shape index (κ2) is 9.29. The van der Waals surface area contributed by atoms with Gasteiger partial charge in [-0.3, -0.25) is 9.48 Å². The van der Waals surface area contributed by atoms with Crippen LogP contribution in [0.3, 0.4) is 0 Å². The minimum Gasteiger partial charge on any atom is -0.319 e. The SMILES string of the molecule is Cc1nn(Cc2ccccc2F)c(C)c1NC(=O)c1cnn2c(C(F)F)cc(-c3ccccc3)nc12. The smallest absolute Gasteiger partial charge is 0.280 e. The highest BCUT2D eigenvalue weighted by atomic mass is 19.3. The van der Waals surface area contributed by atoms with E-state index in [1.165, 1.54) is 18.3 Å². The molecule has 0 aliphatic rings. The van der Waals surface area contributed by atoms with Crippen molar-refractivity contribution in [1.82, 2.24) is 24.4 Å². The number of carbonyl (C=O) groups excluding carboxylic acids is 1. The third kappa shape index (κ3) is 4.21. The van der Waals surface area contributed by atoms with Gasteiger partial charge >= 0.3 is 0 Å². The molecule has 3 aromatic heterocycles. The fraction of sp³-hybridized carbons (Fsp3) is 0.154. The zero-order chi connectivity index (χ0) is 25.4. The summed E-state index contributed by atoms with van der Waals surface area (Å²) in [7, 11) is 0. The van der Waals surface area contributed by atoms with Gasteiger partial charge in [-0.1, -0.05) is 48.5 Å². The third-order valence-corrected chi connectivity index (χ3v) is 5.94. The first-order valence-corrected chi connectivity index (χ1v) is 11.1. The predicted octanol–water partition coefficient (Wildman–Crippen LogP) is 5.59. The molecule has 7 nitrogen and oxygen atoms in total. The van der Waals surface area contributed by atoms with Crippen molar-refractivity contribution in [1.29, 1.82) is 0 Å². The van der Waals surface area contributed by atoms with Crippen LogP contribution in [0.1, 0.15) is 39.4 Å². The van der Waals surface area contributed by atoms with Crippen molar-refractivity contribution in [3.8, 4) is 11.3 Å². The summed E-state index contributed by atoms with van der Waals surface area (Å²) in [5, 5.41) is 11.2. The number of amides is 1. The fourth-order valence-corrected chi connectivity index (χ4v) is 4.06. The Balaban J connectivity index is 1.50. The molecule has 0 radical (unpaired) electrons. The van der Waals surface area contributed by atoms with Crippen LogP contribution >= 0.6 is 0 Å². The molecular formula is C26H21F3N6O. The number of hydrogen-bond donors (Lipinski definition) is 1. The highest BCUT2D eigenvalue weighted by molar-refractivity contribution is 6.08. The molecule has 3 heterocycles. The van der Waals surface area contributed by atoms with Crippen molar-refractivity contribution in [3.05, 3.63) is 101 Å². The summed E-state index contributed by atoms with van der Waals surface area (Å²) in [6, 6.07) is 16.5. The van der Waals surface area contributed by atoms with E-state index in [9.17, 15) is 18.0 Å². The molecule has 5 aromatic rings. The molecule has 0 bridgehead atoms. The van der Waals surface area contributed by atoms with Crippen molar-refractivity contribution < 1.29 is 18.0 Å². The van der Waals surface area contributed by atoms with Gasteiger partial charge in [-0.25, -0.2) is 22.7 Å². The lowest BCUT2D eigenvalue weighted by Crippen LogP contribution is -2.14. The molecule has 0 fully saturated rings. The van der Waals surface area contributed by atoms with Gasteiger partial charge in [-0.2, -0.15) is 10.2 Å². The molecule has 0 aliphatic carbocycles. The second-order valence-corrected chi connectivity index (χ2v) is 8.28. The molecule has 0 saturated carbocycles. The molecular weight excluding hydrogens is 469 g/mol. The monoisotopic (exact) mass is 490 g/mol. The minimum absolute atomic E-state index is 0.0122. The highest BCUT2D eigenvalue weighted by Crippen LogP contribution is 2.28. The van der Waals surface area contributed by atoms with Crippen LogP contribution in [-0.2, 0) is 6.54 Å². The van der Waals surface area contributed by atoms with E-state index in [2.05, 4.69) is 20.5 Å². The van der Waals surface area contributed by atoms with E-state index in [1.54, 1.807) is 61.0 Å². The van der Waals surface area contributed by atoms with Crippen molar-refractivity contribution in [2.75, 3.05) is 5.32 Å². The molecule has 182 valence electrons. The van der Waals surface area contributed by atoms with Crippen LogP contribution in [0.15, 0.2) is 66.9 Å². The summed E-state index contributed by atoms with van der Waals surface area (Å²) in [5.41, 5.74) is 2.67. The molecule has 2 aromatic carbocycles. The van der Waals surface area contributed by atoms with Crippen LogP contribution in [0.4, 0.5) is 18.9 Å². The van der Waals surface area contributed by atoms with E-state index in [1.807, 2.05) is 6.07 Å². The molecule has 1 amide bonds. The summed E-state index contributed by atoms with van der Waals surface area (Å²) in [6.45, 7) is 3.66. The van der Waals surface area contributed by atoms with E-state index in [0.29, 0.717) is 33.9 Å². The maximum Gasteiger partial charge on any atom is 0.280 e. The van der Waals surface area contributed by atoms with Crippen LogP contribution in [0, 0.1) is 19.7 Å². The van der Waals surface area contributed by atoms with Gasteiger partial charge < -0.3 is 5.32 Å². The lowest BCUT2D eigenvalue weighted by atomic mass is 10.1. The molecule has 36 heavy (non-hydrogen) atoms. The Morgan fingerprint density at radius 3 is 2.50 bits per heavy atom.